The molecule has 3 heteroatoms. The summed E-state index contributed by atoms with van der Waals surface area (Å²) >= 11 is 0. The lowest BCUT2D eigenvalue weighted by Gasteiger charge is -2.33. The number of para-hydroxylation sites is 2. The topological polar surface area (TPSA) is 18.5 Å². The second-order valence-electron chi connectivity index (χ2n) is 13.3. The standard InChI is InChI=1S/C48H31BO2/c1-3-13-32(14-4-1)38-27-39(33-15-5-2-6-16-33)29-40(28-38)36-19-11-17-34(25-36)35-18-12-20-37(26-35)41-30-46-48-47(31-41)51-45-24-10-8-22-43(45)49(48)42-21-7-9-23-44(42)50-46/h1-31H. The Balaban J connectivity index is 1.05. The molecular weight excluding hydrogens is 619 g/mol. The number of hydrogen-bond acceptors (Lipinski definition) is 2. The molecule has 0 spiro atoms. The molecule has 0 aliphatic carbocycles. The van der Waals surface area contributed by atoms with Crippen LogP contribution in [0.4, 0.5) is 0 Å². The fraction of sp³-hybridized carbons (Fsp3) is 0. The van der Waals surface area contributed by atoms with Crippen molar-refractivity contribution in [3.63, 3.8) is 0 Å². The zero-order chi connectivity index (χ0) is 33.7. The third kappa shape index (κ3) is 5.22. The van der Waals surface area contributed by atoms with Gasteiger partial charge in [-0.05, 0) is 121 Å². The molecule has 0 unspecified atom stereocenters. The van der Waals surface area contributed by atoms with Gasteiger partial charge in [0.15, 0.2) is 0 Å². The van der Waals surface area contributed by atoms with E-state index in [4.69, 9.17) is 9.47 Å². The quantitative estimate of drug-likeness (QED) is 0.173. The minimum atomic E-state index is 0.0656. The maximum atomic E-state index is 6.58. The highest BCUT2D eigenvalue weighted by Crippen LogP contribution is 2.40. The van der Waals surface area contributed by atoms with Gasteiger partial charge in [0, 0.05) is 5.46 Å². The fourth-order valence-corrected chi connectivity index (χ4v) is 7.71. The van der Waals surface area contributed by atoms with Crippen molar-refractivity contribution in [2.24, 2.45) is 0 Å². The first kappa shape index (κ1) is 29.4. The summed E-state index contributed by atoms with van der Waals surface area (Å²) in [4.78, 5) is 0. The third-order valence-electron chi connectivity index (χ3n) is 10.2. The lowest BCUT2D eigenvalue weighted by atomic mass is 9.35. The summed E-state index contributed by atoms with van der Waals surface area (Å²) in [5, 5.41) is 0. The van der Waals surface area contributed by atoms with Gasteiger partial charge in [0.25, 0.3) is 6.71 Å². The molecular formula is C48H31BO2. The van der Waals surface area contributed by atoms with Crippen LogP contribution in [0.1, 0.15) is 0 Å². The zero-order valence-corrected chi connectivity index (χ0v) is 27.8. The first-order chi connectivity index (χ1) is 25.2. The van der Waals surface area contributed by atoms with Gasteiger partial charge in [-0.15, -0.1) is 0 Å². The highest BCUT2D eigenvalue weighted by Gasteiger charge is 2.40. The fourth-order valence-electron chi connectivity index (χ4n) is 7.71. The Hall–Kier alpha value is -6.58. The summed E-state index contributed by atoms with van der Waals surface area (Å²) in [5.74, 6) is 3.49. The van der Waals surface area contributed by atoms with Crippen molar-refractivity contribution in [1.29, 1.82) is 0 Å². The molecule has 8 aromatic rings. The molecule has 2 nitrogen and oxygen atoms in total. The number of benzene rings is 8. The van der Waals surface area contributed by atoms with Gasteiger partial charge < -0.3 is 9.47 Å². The second-order valence-corrected chi connectivity index (χ2v) is 13.3. The van der Waals surface area contributed by atoms with Crippen LogP contribution in [0, 0.1) is 0 Å². The highest BCUT2D eigenvalue weighted by molar-refractivity contribution is 6.98. The van der Waals surface area contributed by atoms with Crippen LogP contribution in [-0.4, -0.2) is 6.71 Å². The lowest BCUT2D eigenvalue weighted by molar-refractivity contribution is 0.465. The van der Waals surface area contributed by atoms with Crippen molar-refractivity contribution in [3.8, 4) is 78.6 Å². The number of rotatable bonds is 5. The molecule has 8 aromatic carbocycles. The van der Waals surface area contributed by atoms with Crippen molar-refractivity contribution in [3.05, 3.63) is 188 Å². The SMILES string of the molecule is c1ccc(-c2cc(-c3ccccc3)cc(-c3cccc(-c4cccc(-c5cc6c7c(c5)Oc5ccccc5B7c5ccccc5O6)c4)c3)c2)cc1. The summed E-state index contributed by atoms with van der Waals surface area (Å²) in [7, 11) is 0. The molecule has 2 heterocycles. The Morgan fingerprint density at radius 3 is 1.06 bits per heavy atom. The molecule has 51 heavy (non-hydrogen) atoms. The van der Waals surface area contributed by atoms with Crippen molar-refractivity contribution in [1.82, 2.24) is 0 Å². The Morgan fingerprint density at radius 1 is 0.255 bits per heavy atom. The number of hydrogen-bond donors (Lipinski definition) is 0. The van der Waals surface area contributed by atoms with E-state index in [1.54, 1.807) is 0 Å². The van der Waals surface area contributed by atoms with Gasteiger partial charge in [-0.2, -0.15) is 0 Å². The third-order valence-corrected chi connectivity index (χ3v) is 10.2. The molecule has 0 atom stereocenters. The van der Waals surface area contributed by atoms with Gasteiger partial charge in [0.2, 0.25) is 0 Å². The van der Waals surface area contributed by atoms with E-state index in [1.807, 2.05) is 12.1 Å². The molecule has 0 amide bonds. The molecule has 0 fully saturated rings. The van der Waals surface area contributed by atoms with Crippen LogP contribution < -0.4 is 25.9 Å². The van der Waals surface area contributed by atoms with Crippen LogP contribution in [0.3, 0.4) is 0 Å². The molecule has 2 aliphatic heterocycles. The zero-order valence-electron chi connectivity index (χ0n) is 27.8. The largest absolute Gasteiger partial charge is 0.458 e. The first-order valence-electron chi connectivity index (χ1n) is 17.4. The molecule has 0 saturated carbocycles. The molecule has 0 bridgehead atoms. The van der Waals surface area contributed by atoms with Crippen molar-refractivity contribution in [2.75, 3.05) is 0 Å². The summed E-state index contributed by atoms with van der Waals surface area (Å²) < 4.78 is 13.2. The maximum absolute atomic E-state index is 6.58. The van der Waals surface area contributed by atoms with E-state index in [9.17, 15) is 0 Å². The predicted octanol–water partition coefficient (Wildman–Crippen LogP) is 10.7. The monoisotopic (exact) mass is 650 g/mol. The van der Waals surface area contributed by atoms with Crippen molar-refractivity contribution < 1.29 is 9.47 Å². The predicted molar refractivity (Wildman–Crippen MR) is 211 cm³/mol. The van der Waals surface area contributed by atoms with E-state index in [2.05, 4.69) is 176 Å². The van der Waals surface area contributed by atoms with Crippen molar-refractivity contribution >= 4 is 23.1 Å². The average Bonchev–Trinajstić information content (AvgIpc) is 3.21. The van der Waals surface area contributed by atoms with Crippen LogP contribution in [0.5, 0.6) is 23.0 Å². The van der Waals surface area contributed by atoms with Crippen molar-refractivity contribution in [2.45, 2.75) is 0 Å². The van der Waals surface area contributed by atoms with Gasteiger partial charge in [-0.1, -0.05) is 133 Å². The summed E-state index contributed by atoms with van der Waals surface area (Å²) in [6, 6.07) is 66.9. The highest BCUT2D eigenvalue weighted by atomic mass is 16.5. The normalized spacial score (nSPS) is 12.2. The minimum Gasteiger partial charge on any atom is -0.458 e. The van der Waals surface area contributed by atoms with E-state index in [1.165, 1.54) is 44.3 Å². The smallest absolute Gasteiger partial charge is 0.260 e. The maximum Gasteiger partial charge on any atom is 0.260 e. The molecule has 2 aliphatic rings. The van der Waals surface area contributed by atoms with E-state index in [0.717, 1.165) is 50.7 Å². The first-order valence-corrected chi connectivity index (χ1v) is 17.4. The van der Waals surface area contributed by atoms with Gasteiger partial charge in [0.05, 0.1) is 0 Å². The van der Waals surface area contributed by atoms with Crippen LogP contribution in [0.15, 0.2) is 188 Å². The van der Waals surface area contributed by atoms with E-state index in [-0.39, 0.29) is 6.71 Å². The average molecular weight is 651 g/mol. The summed E-state index contributed by atoms with van der Waals surface area (Å²) in [5.41, 5.74) is 15.1. The summed E-state index contributed by atoms with van der Waals surface area (Å²) in [6.45, 7) is 0.0656. The second kappa shape index (κ2) is 12.1. The lowest BCUT2D eigenvalue weighted by Crippen LogP contribution is -2.57. The number of ether oxygens (including phenoxy) is 2. The van der Waals surface area contributed by atoms with E-state index in [0.29, 0.717) is 0 Å². The molecule has 0 N–H and O–H groups in total. The minimum absolute atomic E-state index is 0.0656. The number of fused-ring (bicyclic) bond motifs is 4. The van der Waals surface area contributed by atoms with Crippen LogP contribution >= 0.6 is 0 Å². The molecule has 0 aromatic heterocycles. The van der Waals surface area contributed by atoms with Gasteiger partial charge in [-0.25, -0.2) is 0 Å². The Kier molecular flexibility index (Phi) is 6.95. The summed E-state index contributed by atoms with van der Waals surface area (Å²) in [6.07, 6.45) is 0. The van der Waals surface area contributed by atoms with Crippen LogP contribution in [0.2, 0.25) is 0 Å². The van der Waals surface area contributed by atoms with Crippen LogP contribution in [0.25, 0.3) is 55.6 Å². The molecule has 10 rings (SSSR count). The Labute approximate surface area is 298 Å². The molecule has 238 valence electrons. The Bertz CT molecular complexity index is 2460. The van der Waals surface area contributed by atoms with Gasteiger partial charge in [-0.3, -0.25) is 0 Å². The van der Waals surface area contributed by atoms with Crippen LogP contribution in [-0.2, 0) is 0 Å². The van der Waals surface area contributed by atoms with E-state index >= 15 is 0 Å². The van der Waals surface area contributed by atoms with Gasteiger partial charge >= 0.3 is 0 Å². The molecule has 0 saturated heterocycles. The molecule has 0 radical (unpaired) electrons. The van der Waals surface area contributed by atoms with E-state index < -0.39 is 0 Å². The Morgan fingerprint density at radius 2 is 0.588 bits per heavy atom. The van der Waals surface area contributed by atoms with Gasteiger partial charge in [0.1, 0.15) is 23.0 Å².